The first-order chi connectivity index (χ1) is 18.6. The summed E-state index contributed by atoms with van der Waals surface area (Å²) in [5, 5.41) is 0.578. The maximum Gasteiger partial charge on any atom is 0.258 e. The fourth-order valence-corrected chi connectivity index (χ4v) is 5.26. The summed E-state index contributed by atoms with van der Waals surface area (Å²) in [6, 6.07) is 17.4. The predicted octanol–water partition coefficient (Wildman–Crippen LogP) is 8.15. The number of aromatic nitrogens is 2. The van der Waals surface area contributed by atoms with E-state index in [1.54, 1.807) is 6.07 Å². The molecule has 0 fully saturated rings. The van der Waals surface area contributed by atoms with Crippen LogP contribution in [0.15, 0.2) is 59.4 Å². The van der Waals surface area contributed by atoms with Gasteiger partial charge in [0.25, 0.3) is 5.56 Å². The minimum Gasteiger partial charge on any atom is -0.332 e. The fourth-order valence-electron chi connectivity index (χ4n) is 5.26. The summed E-state index contributed by atoms with van der Waals surface area (Å²) >= 11 is 0. The highest BCUT2D eigenvalue weighted by Crippen LogP contribution is 2.24. The van der Waals surface area contributed by atoms with E-state index in [9.17, 15) is 9.59 Å². The van der Waals surface area contributed by atoms with Crippen LogP contribution in [0.1, 0.15) is 115 Å². The number of nitrogens with one attached hydrogen (secondary N) is 1. The molecule has 5 heteroatoms. The topological polar surface area (TPSA) is 66.1 Å². The highest BCUT2D eigenvalue weighted by molar-refractivity contribution is 5.78. The molecule has 0 bridgehead atoms. The maximum absolute atomic E-state index is 13.6. The van der Waals surface area contributed by atoms with Crippen LogP contribution >= 0.6 is 0 Å². The Hall–Kier alpha value is -2.95. The van der Waals surface area contributed by atoms with Crippen molar-refractivity contribution in [3.63, 3.8) is 0 Å². The average Bonchev–Trinajstić information content (AvgIpc) is 2.94. The summed E-state index contributed by atoms with van der Waals surface area (Å²) in [6.45, 7) is 4.93. The van der Waals surface area contributed by atoms with Crippen LogP contribution in [0, 0.1) is 0 Å². The van der Waals surface area contributed by atoms with Crippen molar-refractivity contribution in [1.82, 2.24) is 14.9 Å². The Morgan fingerprint density at radius 2 is 1.42 bits per heavy atom. The number of hydrogen-bond donors (Lipinski definition) is 1. The molecule has 0 aliphatic rings. The van der Waals surface area contributed by atoms with Crippen molar-refractivity contribution in [3.8, 4) is 0 Å². The van der Waals surface area contributed by atoms with Crippen LogP contribution in [0.25, 0.3) is 10.9 Å². The van der Waals surface area contributed by atoms with Crippen LogP contribution in [0.2, 0.25) is 0 Å². The molecule has 0 saturated carbocycles. The van der Waals surface area contributed by atoms with Crippen molar-refractivity contribution in [3.05, 3.63) is 76.3 Å². The van der Waals surface area contributed by atoms with Crippen LogP contribution in [0.4, 0.5) is 0 Å². The number of fused-ring (bicyclic) bond motifs is 1. The molecule has 1 aromatic heterocycles. The number of aromatic amines is 1. The van der Waals surface area contributed by atoms with Crippen LogP contribution in [0.5, 0.6) is 0 Å². The summed E-state index contributed by atoms with van der Waals surface area (Å²) in [7, 11) is 0. The normalized spacial score (nSPS) is 12.1. The maximum atomic E-state index is 13.6. The third-order valence-electron chi connectivity index (χ3n) is 7.51. The molecule has 1 heterocycles. The quantitative estimate of drug-likeness (QED) is 0.173. The molecule has 5 nitrogen and oxygen atoms in total. The number of amides is 1. The van der Waals surface area contributed by atoms with Gasteiger partial charge in [-0.1, -0.05) is 121 Å². The Kier molecular flexibility index (Phi) is 13.1. The number of hydrogen-bond acceptors (Lipinski definition) is 3. The molecule has 38 heavy (non-hydrogen) atoms. The van der Waals surface area contributed by atoms with Crippen molar-refractivity contribution in [2.24, 2.45) is 0 Å². The molecule has 0 radical (unpaired) electrons. The highest BCUT2D eigenvalue weighted by Gasteiger charge is 2.26. The summed E-state index contributed by atoms with van der Waals surface area (Å²) in [4.78, 5) is 36.0. The number of benzene rings is 2. The van der Waals surface area contributed by atoms with Gasteiger partial charge in [-0.3, -0.25) is 9.59 Å². The first-order valence-corrected chi connectivity index (χ1v) is 15.0. The van der Waals surface area contributed by atoms with E-state index in [0.717, 1.165) is 19.3 Å². The molecular weight excluding hydrogens is 470 g/mol. The van der Waals surface area contributed by atoms with Gasteiger partial charge in [-0.25, -0.2) is 4.98 Å². The minimum absolute atomic E-state index is 0.148. The molecule has 3 rings (SSSR count). The van der Waals surface area contributed by atoms with E-state index < -0.39 is 0 Å². The van der Waals surface area contributed by atoms with Crippen molar-refractivity contribution in [1.29, 1.82) is 0 Å². The molecule has 0 aliphatic heterocycles. The summed E-state index contributed by atoms with van der Waals surface area (Å²) in [6.07, 6.45) is 15.9. The first kappa shape index (κ1) is 29.6. The van der Waals surface area contributed by atoms with Gasteiger partial charge in [-0.2, -0.15) is 0 Å². The second kappa shape index (κ2) is 16.8. The van der Waals surface area contributed by atoms with Gasteiger partial charge in [-0.05, 0) is 37.0 Å². The fraction of sp³-hybridized carbons (Fsp3) is 0.545. The Labute approximate surface area is 229 Å². The van der Waals surface area contributed by atoms with E-state index in [4.69, 9.17) is 4.98 Å². The third-order valence-corrected chi connectivity index (χ3v) is 7.51. The molecule has 1 atom stereocenters. The SMILES string of the molecule is CCCCCCCCCCCCCC(=O)N(CCc1ccccc1)C(CC)c1nc2ccccc2c(=O)[nH]1. The number of para-hydroxylation sites is 1. The van der Waals surface area contributed by atoms with E-state index in [1.807, 2.05) is 41.3 Å². The predicted molar refractivity (Wildman–Crippen MR) is 158 cm³/mol. The number of nitrogens with zero attached hydrogens (tertiary/aromatic N) is 2. The summed E-state index contributed by atoms with van der Waals surface area (Å²) in [5.74, 6) is 0.732. The second-order valence-corrected chi connectivity index (χ2v) is 10.5. The molecule has 206 valence electrons. The number of rotatable bonds is 18. The zero-order valence-electron chi connectivity index (χ0n) is 23.6. The van der Waals surface area contributed by atoms with E-state index >= 15 is 0 Å². The van der Waals surface area contributed by atoms with Crippen molar-refractivity contribution in [2.45, 2.75) is 110 Å². The summed E-state index contributed by atoms with van der Waals surface area (Å²) in [5.41, 5.74) is 1.73. The van der Waals surface area contributed by atoms with E-state index in [1.165, 1.54) is 63.4 Å². The van der Waals surface area contributed by atoms with Crippen molar-refractivity contribution in [2.75, 3.05) is 6.54 Å². The molecule has 0 spiro atoms. The Bertz CT molecular complexity index is 1140. The van der Waals surface area contributed by atoms with Gasteiger partial charge in [0.05, 0.1) is 16.9 Å². The van der Waals surface area contributed by atoms with Gasteiger partial charge in [0.2, 0.25) is 5.91 Å². The van der Waals surface area contributed by atoms with Gasteiger partial charge in [0, 0.05) is 13.0 Å². The number of H-pyrrole nitrogens is 1. The number of unbranched alkanes of at least 4 members (excludes halogenated alkanes) is 10. The van der Waals surface area contributed by atoms with Crippen LogP contribution in [0.3, 0.4) is 0 Å². The summed E-state index contributed by atoms with van der Waals surface area (Å²) < 4.78 is 0. The first-order valence-electron chi connectivity index (χ1n) is 15.0. The Morgan fingerprint density at radius 3 is 2.08 bits per heavy atom. The molecule has 1 unspecified atom stereocenters. The molecule has 1 amide bonds. The van der Waals surface area contributed by atoms with Gasteiger partial charge >= 0.3 is 0 Å². The minimum atomic E-state index is -0.253. The smallest absolute Gasteiger partial charge is 0.258 e. The lowest BCUT2D eigenvalue weighted by molar-refractivity contribution is -0.134. The number of carbonyl (C=O) groups excluding carboxylic acids is 1. The standard InChI is InChI=1S/C33H47N3O2/c1-3-5-6-7-8-9-10-11-12-13-17-24-31(37)36(26-25-27-20-15-14-16-21-27)30(4-2)32-34-29-23-19-18-22-28(29)33(38)35-32/h14-16,18-23,30H,3-13,17,24-26H2,1-2H3,(H,34,35,38). The van der Waals surface area contributed by atoms with Gasteiger partial charge < -0.3 is 9.88 Å². The lowest BCUT2D eigenvalue weighted by Crippen LogP contribution is -2.37. The molecule has 0 aliphatic carbocycles. The third kappa shape index (κ3) is 9.41. The monoisotopic (exact) mass is 517 g/mol. The van der Waals surface area contributed by atoms with Crippen LogP contribution < -0.4 is 5.56 Å². The number of carbonyl (C=O) groups is 1. The average molecular weight is 518 g/mol. The van der Waals surface area contributed by atoms with E-state index in [0.29, 0.717) is 36.1 Å². The zero-order valence-corrected chi connectivity index (χ0v) is 23.6. The van der Waals surface area contributed by atoms with Gasteiger partial charge in [0.15, 0.2) is 0 Å². The Morgan fingerprint density at radius 1 is 0.816 bits per heavy atom. The molecule has 1 N–H and O–H groups in total. The van der Waals surface area contributed by atoms with E-state index in [2.05, 4.69) is 31.0 Å². The van der Waals surface area contributed by atoms with Gasteiger partial charge in [0.1, 0.15) is 5.82 Å². The highest BCUT2D eigenvalue weighted by atomic mass is 16.2. The van der Waals surface area contributed by atoms with Crippen molar-refractivity contribution >= 4 is 16.8 Å². The lowest BCUT2D eigenvalue weighted by Gasteiger charge is -2.31. The second-order valence-electron chi connectivity index (χ2n) is 10.5. The zero-order chi connectivity index (χ0) is 27.0. The largest absolute Gasteiger partial charge is 0.332 e. The Balaban J connectivity index is 1.59. The van der Waals surface area contributed by atoms with Crippen LogP contribution in [-0.4, -0.2) is 27.3 Å². The molecular formula is C33H47N3O2. The molecule has 3 aromatic rings. The van der Waals surface area contributed by atoms with Crippen LogP contribution in [-0.2, 0) is 11.2 Å². The van der Waals surface area contributed by atoms with Gasteiger partial charge in [-0.15, -0.1) is 0 Å². The molecule has 0 saturated heterocycles. The van der Waals surface area contributed by atoms with Crippen molar-refractivity contribution < 1.29 is 4.79 Å². The molecule has 2 aromatic carbocycles. The van der Waals surface area contributed by atoms with E-state index in [-0.39, 0.29) is 17.5 Å². The lowest BCUT2D eigenvalue weighted by atomic mass is 10.0.